The molecule has 1 aliphatic rings. The highest BCUT2D eigenvalue weighted by molar-refractivity contribution is 7.91. The van der Waals surface area contributed by atoms with E-state index < -0.39 is 15.9 Å². The molecular weight excluding hydrogens is 252 g/mol. The average Bonchev–Trinajstić information content (AvgIpc) is 2.60. The first-order valence-electron chi connectivity index (χ1n) is 6.03. The zero-order chi connectivity index (χ0) is 13.3. The van der Waals surface area contributed by atoms with Crippen molar-refractivity contribution < 1.29 is 18.3 Å². The molecule has 1 aromatic carbocycles. The van der Waals surface area contributed by atoms with Gasteiger partial charge in [-0.3, -0.25) is 0 Å². The first-order valence-corrected chi connectivity index (χ1v) is 7.85. The predicted molar refractivity (Wildman–Crippen MR) is 69.5 cm³/mol. The van der Waals surface area contributed by atoms with E-state index in [1.165, 1.54) is 0 Å². The molecule has 2 atom stereocenters. The van der Waals surface area contributed by atoms with E-state index in [-0.39, 0.29) is 17.6 Å². The van der Waals surface area contributed by atoms with Crippen LogP contribution in [-0.4, -0.2) is 31.1 Å². The summed E-state index contributed by atoms with van der Waals surface area (Å²) in [4.78, 5) is 0. The minimum Gasteiger partial charge on any atom is -0.489 e. The molecule has 1 aromatic rings. The van der Waals surface area contributed by atoms with E-state index in [9.17, 15) is 13.5 Å². The Bertz CT molecular complexity index is 534. The first kappa shape index (κ1) is 13.4. The second-order valence-corrected chi connectivity index (χ2v) is 7.09. The fourth-order valence-corrected chi connectivity index (χ4v) is 3.72. The highest BCUT2D eigenvalue weighted by atomic mass is 32.2. The van der Waals surface area contributed by atoms with Crippen molar-refractivity contribution >= 4 is 9.84 Å². The summed E-state index contributed by atoms with van der Waals surface area (Å²) >= 11 is 0. The number of sulfone groups is 1. The molecule has 1 fully saturated rings. The van der Waals surface area contributed by atoms with Gasteiger partial charge in [0.25, 0.3) is 0 Å². The van der Waals surface area contributed by atoms with Gasteiger partial charge in [-0.25, -0.2) is 8.42 Å². The Hall–Kier alpha value is -1.07. The Morgan fingerprint density at radius 1 is 1.44 bits per heavy atom. The van der Waals surface area contributed by atoms with Gasteiger partial charge in [0.1, 0.15) is 11.9 Å². The highest BCUT2D eigenvalue weighted by Crippen LogP contribution is 2.29. The van der Waals surface area contributed by atoms with Crippen molar-refractivity contribution in [3.05, 3.63) is 29.3 Å². The van der Waals surface area contributed by atoms with E-state index in [1.54, 1.807) is 13.0 Å². The van der Waals surface area contributed by atoms with E-state index in [1.807, 2.05) is 19.1 Å². The van der Waals surface area contributed by atoms with Gasteiger partial charge in [0.15, 0.2) is 9.84 Å². The van der Waals surface area contributed by atoms with E-state index in [4.69, 9.17) is 4.74 Å². The van der Waals surface area contributed by atoms with Crippen LogP contribution >= 0.6 is 0 Å². The van der Waals surface area contributed by atoms with E-state index in [0.29, 0.717) is 17.7 Å². The number of aliphatic hydroxyl groups excluding tert-OH is 1. The van der Waals surface area contributed by atoms with Gasteiger partial charge < -0.3 is 9.84 Å². The molecule has 0 aromatic heterocycles. The number of aryl methyl sites for hydroxylation is 1. The lowest BCUT2D eigenvalue weighted by Gasteiger charge is -2.17. The second kappa shape index (κ2) is 4.90. The molecular formula is C13H18O4S. The van der Waals surface area contributed by atoms with E-state index in [2.05, 4.69) is 0 Å². The maximum Gasteiger partial charge on any atom is 0.154 e. The first-order chi connectivity index (χ1) is 8.37. The molecule has 18 heavy (non-hydrogen) atoms. The van der Waals surface area contributed by atoms with Gasteiger partial charge in [-0.1, -0.05) is 11.6 Å². The van der Waals surface area contributed by atoms with E-state index in [0.717, 1.165) is 5.56 Å². The molecule has 2 unspecified atom stereocenters. The lowest BCUT2D eigenvalue weighted by Crippen LogP contribution is -2.18. The van der Waals surface area contributed by atoms with Crippen LogP contribution in [-0.2, 0) is 9.84 Å². The summed E-state index contributed by atoms with van der Waals surface area (Å²) in [5, 5.41) is 9.71. The van der Waals surface area contributed by atoms with Crippen LogP contribution in [0.3, 0.4) is 0 Å². The quantitative estimate of drug-likeness (QED) is 0.906. The summed E-state index contributed by atoms with van der Waals surface area (Å²) in [6.07, 6.45) is -0.400. The third-order valence-corrected chi connectivity index (χ3v) is 4.84. The molecule has 5 heteroatoms. The zero-order valence-electron chi connectivity index (χ0n) is 10.6. The Labute approximate surface area is 108 Å². The molecule has 0 spiro atoms. The molecule has 1 saturated heterocycles. The number of ether oxygens (including phenoxy) is 1. The van der Waals surface area contributed by atoms with Crippen molar-refractivity contribution in [2.75, 3.05) is 11.5 Å². The largest absolute Gasteiger partial charge is 0.489 e. The Morgan fingerprint density at radius 3 is 2.72 bits per heavy atom. The average molecular weight is 270 g/mol. The molecule has 100 valence electrons. The SMILES string of the molecule is Cc1ccc(OC2CCS(=O)(=O)C2)c(C(C)O)c1. The van der Waals surface area contributed by atoms with Crippen molar-refractivity contribution in [1.29, 1.82) is 0 Å². The van der Waals surface area contributed by atoms with Gasteiger partial charge in [-0.05, 0) is 32.4 Å². The van der Waals surface area contributed by atoms with Crippen molar-refractivity contribution in [1.82, 2.24) is 0 Å². The number of benzene rings is 1. The molecule has 0 amide bonds. The maximum absolute atomic E-state index is 11.4. The topological polar surface area (TPSA) is 63.6 Å². The van der Waals surface area contributed by atoms with Crippen molar-refractivity contribution in [3.8, 4) is 5.75 Å². The van der Waals surface area contributed by atoms with Gasteiger partial charge in [0, 0.05) is 5.56 Å². The lowest BCUT2D eigenvalue weighted by molar-refractivity contribution is 0.180. The number of hydrogen-bond acceptors (Lipinski definition) is 4. The van der Waals surface area contributed by atoms with Crippen molar-refractivity contribution in [2.45, 2.75) is 32.5 Å². The molecule has 1 heterocycles. The second-order valence-electron chi connectivity index (χ2n) is 4.86. The molecule has 0 bridgehead atoms. The minimum absolute atomic E-state index is 0.0696. The molecule has 1 aliphatic heterocycles. The summed E-state index contributed by atoms with van der Waals surface area (Å²) in [7, 11) is -2.94. The van der Waals surface area contributed by atoms with E-state index >= 15 is 0 Å². The van der Waals surface area contributed by atoms with Gasteiger partial charge in [0.2, 0.25) is 0 Å². The van der Waals surface area contributed by atoms with Crippen molar-refractivity contribution in [2.24, 2.45) is 0 Å². The summed E-state index contributed by atoms with van der Waals surface area (Å²) in [5.74, 6) is 0.839. The van der Waals surface area contributed by atoms with Crippen LogP contribution in [0.2, 0.25) is 0 Å². The van der Waals surface area contributed by atoms with Gasteiger partial charge in [0.05, 0.1) is 17.6 Å². The van der Waals surface area contributed by atoms with Gasteiger partial charge in [-0.15, -0.1) is 0 Å². The summed E-state index contributed by atoms with van der Waals surface area (Å²) in [6.45, 7) is 3.61. The molecule has 4 nitrogen and oxygen atoms in total. The third-order valence-electron chi connectivity index (χ3n) is 3.10. The van der Waals surface area contributed by atoms with Crippen LogP contribution in [0.15, 0.2) is 18.2 Å². The monoisotopic (exact) mass is 270 g/mol. The molecule has 1 N–H and O–H groups in total. The maximum atomic E-state index is 11.4. The Kier molecular flexibility index (Phi) is 3.64. The predicted octanol–water partition coefficient (Wildman–Crippen LogP) is 1.61. The summed E-state index contributed by atoms with van der Waals surface area (Å²) < 4.78 is 28.5. The molecule has 0 radical (unpaired) electrons. The molecule has 2 rings (SSSR count). The number of hydrogen-bond donors (Lipinski definition) is 1. The minimum atomic E-state index is -2.94. The number of aliphatic hydroxyl groups is 1. The fourth-order valence-electron chi connectivity index (χ4n) is 2.14. The highest BCUT2D eigenvalue weighted by Gasteiger charge is 2.30. The van der Waals surface area contributed by atoms with Crippen LogP contribution in [0.25, 0.3) is 0 Å². The van der Waals surface area contributed by atoms with Crippen molar-refractivity contribution in [3.63, 3.8) is 0 Å². The normalized spacial score (nSPS) is 23.8. The van der Waals surface area contributed by atoms with Gasteiger partial charge >= 0.3 is 0 Å². The van der Waals surface area contributed by atoms with Crippen LogP contribution in [0.4, 0.5) is 0 Å². The van der Waals surface area contributed by atoms with Crippen LogP contribution < -0.4 is 4.74 Å². The smallest absolute Gasteiger partial charge is 0.154 e. The Morgan fingerprint density at radius 2 is 2.17 bits per heavy atom. The standard InChI is InChI=1S/C13H18O4S/c1-9-3-4-13(12(7-9)10(2)14)17-11-5-6-18(15,16)8-11/h3-4,7,10-11,14H,5-6,8H2,1-2H3. The Balaban J connectivity index is 2.19. The lowest BCUT2D eigenvalue weighted by atomic mass is 10.1. The molecule has 0 saturated carbocycles. The summed E-state index contributed by atoms with van der Waals surface area (Å²) in [5.41, 5.74) is 1.75. The van der Waals surface area contributed by atoms with Gasteiger partial charge in [-0.2, -0.15) is 0 Å². The molecule has 0 aliphatic carbocycles. The third kappa shape index (κ3) is 3.03. The fraction of sp³-hybridized carbons (Fsp3) is 0.538. The summed E-state index contributed by atoms with van der Waals surface area (Å²) in [6, 6.07) is 5.55. The van der Waals surface area contributed by atoms with Crippen LogP contribution in [0, 0.1) is 6.92 Å². The van der Waals surface area contributed by atoms with Crippen LogP contribution in [0.5, 0.6) is 5.75 Å². The van der Waals surface area contributed by atoms with Crippen LogP contribution in [0.1, 0.15) is 30.6 Å². The zero-order valence-corrected chi connectivity index (χ0v) is 11.4. The number of rotatable bonds is 3.